The molecule has 0 amide bonds. The molecule has 0 bridgehead atoms. The van der Waals surface area contributed by atoms with Crippen molar-refractivity contribution in [1.82, 2.24) is 14.6 Å². The molecule has 0 aliphatic rings. The summed E-state index contributed by atoms with van der Waals surface area (Å²) >= 11 is 1.53. The van der Waals surface area contributed by atoms with Crippen LogP contribution in [0.15, 0.2) is 30.3 Å². The van der Waals surface area contributed by atoms with Crippen LogP contribution >= 0.6 is 11.3 Å². The van der Waals surface area contributed by atoms with Crippen LogP contribution in [0.25, 0.3) is 15.5 Å². The number of rotatable bonds is 2. The van der Waals surface area contributed by atoms with E-state index in [1.807, 2.05) is 37.3 Å². The van der Waals surface area contributed by atoms with Gasteiger partial charge in [-0.15, -0.1) is 0 Å². The van der Waals surface area contributed by atoms with Crippen molar-refractivity contribution in [3.05, 3.63) is 41.7 Å². The van der Waals surface area contributed by atoms with E-state index >= 15 is 0 Å². The van der Waals surface area contributed by atoms with Gasteiger partial charge in [0.05, 0.1) is 18.0 Å². The first kappa shape index (κ1) is 10.4. The van der Waals surface area contributed by atoms with Crippen LogP contribution in [0.1, 0.15) is 11.4 Å². The summed E-state index contributed by atoms with van der Waals surface area (Å²) in [5, 5.41) is 14.7. The second-order valence-electron chi connectivity index (χ2n) is 3.77. The second kappa shape index (κ2) is 3.94. The Balaban J connectivity index is 2.18. The van der Waals surface area contributed by atoms with E-state index in [-0.39, 0.29) is 6.61 Å². The predicted octanol–water partition coefficient (Wildman–Crippen LogP) is 2.26. The van der Waals surface area contributed by atoms with E-state index in [0.717, 1.165) is 26.9 Å². The fourth-order valence-electron chi connectivity index (χ4n) is 1.77. The number of aryl methyl sites for hydroxylation is 1. The summed E-state index contributed by atoms with van der Waals surface area (Å²) in [6, 6.07) is 9.98. The summed E-state index contributed by atoms with van der Waals surface area (Å²) in [5.74, 6) is 0. The molecule has 2 aromatic heterocycles. The van der Waals surface area contributed by atoms with Gasteiger partial charge in [0.2, 0.25) is 4.96 Å². The van der Waals surface area contributed by atoms with Gasteiger partial charge < -0.3 is 5.11 Å². The van der Waals surface area contributed by atoms with E-state index in [9.17, 15) is 5.11 Å². The largest absolute Gasteiger partial charge is 0.390 e. The van der Waals surface area contributed by atoms with Gasteiger partial charge >= 0.3 is 0 Å². The molecule has 4 nitrogen and oxygen atoms in total. The molecule has 86 valence electrons. The molecule has 3 aromatic rings. The second-order valence-corrected chi connectivity index (χ2v) is 4.73. The van der Waals surface area contributed by atoms with E-state index in [4.69, 9.17) is 0 Å². The number of hydrogen-bond donors (Lipinski definition) is 1. The van der Waals surface area contributed by atoms with Crippen LogP contribution in [0.3, 0.4) is 0 Å². The minimum absolute atomic E-state index is 0.0367. The van der Waals surface area contributed by atoms with Crippen molar-refractivity contribution in [2.24, 2.45) is 0 Å². The topological polar surface area (TPSA) is 50.4 Å². The maximum Gasteiger partial charge on any atom is 0.213 e. The van der Waals surface area contributed by atoms with Crippen LogP contribution < -0.4 is 0 Å². The summed E-state index contributed by atoms with van der Waals surface area (Å²) in [4.78, 5) is 5.21. The van der Waals surface area contributed by atoms with Crippen molar-refractivity contribution < 1.29 is 5.11 Å². The van der Waals surface area contributed by atoms with Crippen molar-refractivity contribution in [1.29, 1.82) is 0 Å². The lowest BCUT2D eigenvalue weighted by molar-refractivity contribution is 0.273. The number of nitrogens with zero attached hydrogens (tertiary/aromatic N) is 3. The smallest absolute Gasteiger partial charge is 0.213 e. The van der Waals surface area contributed by atoms with Crippen molar-refractivity contribution in [3.63, 3.8) is 0 Å². The molecule has 0 spiro atoms. The summed E-state index contributed by atoms with van der Waals surface area (Å²) in [7, 11) is 0. The highest BCUT2D eigenvalue weighted by Crippen LogP contribution is 2.26. The van der Waals surface area contributed by atoms with Crippen LogP contribution in [0, 0.1) is 6.92 Å². The zero-order valence-corrected chi connectivity index (χ0v) is 10.1. The van der Waals surface area contributed by atoms with Gasteiger partial charge in [0.25, 0.3) is 0 Å². The fraction of sp³-hybridized carbons (Fsp3) is 0.167. The first-order valence-corrected chi connectivity index (χ1v) is 6.12. The van der Waals surface area contributed by atoms with Crippen molar-refractivity contribution in [3.8, 4) is 10.6 Å². The fourth-order valence-corrected chi connectivity index (χ4v) is 2.74. The number of benzene rings is 1. The van der Waals surface area contributed by atoms with Gasteiger partial charge in [-0.05, 0) is 6.92 Å². The Morgan fingerprint density at radius 2 is 2.06 bits per heavy atom. The molecule has 0 unspecified atom stereocenters. The molecule has 0 atom stereocenters. The Morgan fingerprint density at radius 3 is 2.76 bits per heavy atom. The van der Waals surface area contributed by atoms with Crippen LogP contribution in [0.5, 0.6) is 0 Å². The highest BCUT2D eigenvalue weighted by atomic mass is 32.1. The first-order valence-electron chi connectivity index (χ1n) is 5.31. The minimum Gasteiger partial charge on any atom is -0.390 e. The van der Waals surface area contributed by atoms with E-state index in [1.54, 1.807) is 4.52 Å². The first-order chi connectivity index (χ1) is 8.29. The molecule has 17 heavy (non-hydrogen) atoms. The number of hydrogen-bond acceptors (Lipinski definition) is 4. The maximum absolute atomic E-state index is 9.29. The van der Waals surface area contributed by atoms with Gasteiger partial charge in [-0.25, -0.2) is 9.50 Å². The molecule has 0 saturated carbocycles. The maximum atomic E-state index is 9.29. The molecular formula is C12H11N3OS. The highest BCUT2D eigenvalue weighted by Gasteiger charge is 2.13. The molecule has 0 aliphatic heterocycles. The van der Waals surface area contributed by atoms with E-state index in [2.05, 4.69) is 10.1 Å². The predicted molar refractivity (Wildman–Crippen MR) is 67.0 cm³/mol. The molecule has 3 rings (SSSR count). The normalized spacial score (nSPS) is 11.2. The van der Waals surface area contributed by atoms with Gasteiger partial charge in [0.1, 0.15) is 5.01 Å². The number of fused-ring (bicyclic) bond motifs is 1. The summed E-state index contributed by atoms with van der Waals surface area (Å²) in [6.45, 7) is 1.85. The van der Waals surface area contributed by atoms with Crippen LogP contribution in [0.4, 0.5) is 0 Å². The molecule has 1 N–H and O–H groups in total. The van der Waals surface area contributed by atoms with E-state index in [0.29, 0.717) is 0 Å². The van der Waals surface area contributed by atoms with Crippen molar-refractivity contribution >= 4 is 16.3 Å². The Kier molecular flexibility index (Phi) is 2.42. The molecule has 0 aliphatic carbocycles. The third kappa shape index (κ3) is 1.64. The van der Waals surface area contributed by atoms with Gasteiger partial charge in [0.15, 0.2) is 0 Å². The standard InChI is InChI=1S/C12H11N3OS/c1-8-10(7-16)15-12(13-8)17-11(14-15)9-5-3-2-4-6-9/h2-6,16H,7H2,1H3. The number of aromatic nitrogens is 3. The minimum atomic E-state index is -0.0367. The van der Waals surface area contributed by atoms with E-state index in [1.165, 1.54) is 11.3 Å². The SMILES string of the molecule is Cc1nc2sc(-c3ccccc3)nn2c1CO. The molecule has 1 aromatic carbocycles. The van der Waals surface area contributed by atoms with Crippen LogP contribution in [-0.2, 0) is 6.61 Å². The number of imidazole rings is 1. The van der Waals surface area contributed by atoms with Gasteiger partial charge in [-0.2, -0.15) is 5.10 Å². The lowest BCUT2D eigenvalue weighted by Gasteiger charge is -1.95. The Bertz CT molecular complexity index is 657. The third-order valence-electron chi connectivity index (χ3n) is 2.67. The Hall–Kier alpha value is -1.72. The number of aliphatic hydroxyl groups is 1. The third-order valence-corrected chi connectivity index (χ3v) is 3.62. The average molecular weight is 245 g/mol. The van der Waals surface area contributed by atoms with Gasteiger partial charge in [-0.3, -0.25) is 0 Å². The molecule has 0 saturated heterocycles. The Labute approximate surface area is 102 Å². The molecule has 2 heterocycles. The highest BCUT2D eigenvalue weighted by molar-refractivity contribution is 7.19. The zero-order valence-electron chi connectivity index (χ0n) is 9.29. The molecule has 0 fully saturated rings. The van der Waals surface area contributed by atoms with E-state index < -0.39 is 0 Å². The molecule has 5 heteroatoms. The summed E-state index contributed by atoms with van der Waals surface area (Å²) in [6.07, 6.45) is 0. The summed E-state index contributed by atoms with van der Waals surface area (Å²) in [5.41, 5.74) is 2.67. The molecule has 0 radical (unpaired) electrons. The lowest BCUT2D eigenvalue weighted by Crippen LogP contribution is -1.95. The average Bonchev–Trinajstić information content (AvgIpc) is 2.86. The Morgan fingerprint density at radius 1 is 1.29 bits per heavy atom. The summed E-state index contributed by atoms with van der Waals surface area (Å²) < 4.78 is 1.72. The zero-order chi connectivity index (χ0) is 11.8. The van der Waals surface area contributed by atoms with Crippen molar-refractivity contribution in [2.75, 3.05) is 0 Å². The lowest BCUT2D eigenvalue weighted by atomic mass is 10.2. The van der Waals surface area contributed by atoms with Crippen molar-refractivity contribution in [2.45, 2.75) is 13.5 Å². The molecular weight excluding hydrogens is 234 g/mol. The number of aliphatic hydroxyl groups excluding tert-OH is 1. The van der Waals surface area contributed by atoms with Gasteiger partial charge in [-0.1, -0.05) is 41.7 Å². The van der Waals surface area contributed by atoms with Gasteiger partial charge in [0, 0.05) is 5.56 Å². The monoisotopic (exact) mass is 245 g/mol. The van der Waals surface area contributed by atoms with Crippen LogP contribution in [0.2, 0.25) is 0 Å². The quantitative estimate of drug-likeness (QED) is 0.753. The van der Waals surface area contributed by atoms with Crippen LogP contribution in [-0.4, -0.2) is 19.7 Å².